The summed E-state index contributed by atoms with van der Waals surface area (Å²) in [4.78, 5) is 11.5. The molecule has 0 saturated heterocycles. The monoisotopic (exact) mass is 234 g/mol. The van der Waals surface area contributed by atoms with Gasteiger partial charge in [0.15, 0.2) is 0 Å². The SMILES string of the molecule is CNC1(CC(=O)NCC(F)F)CCCCC1. The van der Waals surface area contributed by atoms with Crippen LogP contribution in [0.3, 0.4) is 0 Å². The van der Waals surface area contributed by atoms with Gasteiger partial charge in [-0.25, -0.2) is 8.78 Å². The summed E-state index contributed by atoms with van der Waals surface area (Å²) in [6.07, 6.45) is 3.13. The minimum absolute atomic E-state index is 0.176. The van der Waals surface area contributed by atoms with E-state index in [2.05, 4.69) is 10.6 Å². The molecule has 1 saturated carbocycles. The van der Waals surface area contributed by atoms with E-state index in [1.807, 2.05) is 7.05 Å². The number of alkyl halides is 2. The normalized spacial score (nSPS) is 19.8. The lowest BCUT2D eigenvalue weighted by Gasteiger charge is -2.36. The van der Waals surface area contributed by atoms with Crippen LogP contribution in [0.25, 0.3) is 0 Å². The van der Waals surface area contributed by atoms with Crippen molar-refractivity contribution >= 4 is 5.91 Å². The third-order valence-corrected chi connectivity index (χ3v) is 3.29. The summed E-state index contributed by atoms with van der Waals surface area (Å²) in [5.41, 5.74) is -0.176. The smallest absolute Gasteiger partial charge is 0.255 e. The molecule has 1 aliphatic carbocycles. The minimum Gasteiger partial charge on any atom is -0.350 e. The Morgan fingerprint density at radius 1 is 1.31 bits per heavy atom. The maximum atomic E-state index is 11.9. The Kier molecular flexibility index (Phi) is 5.12. The van der Waals surface area contributed by atoms with Crippen molar-refractivity contribution in [2.75, 3.05) is 13.6 Å². The molecule has 1 rings (SSSR count). The maximum absolute atomic E-state index is 11.9. The second kappa shape index (κ2) is 6.13. The second-order valence-corrected chi connectivity index (χ2v) is 4.46. The van der Waals surface area contributed by atoms with Crippen LogP contribution in [0.4, 0.5) is 8.78 Å². The first-order valence-corrected chi connectivity index (χ1v) is 5.82. The van der Waals surface area contributed by atoms with E-state index >= 15 is 0 Å². The Morgan fingerprint density at radius 2 is 1.94 bits per heavy atom. The lowest BCUT2D eigenvalue weighted by Crippen LogP contribution is -2.48. The van der Waals surface area contributed by atoms with Gasteiger partial charge in [-0.15, -0.1) is 0 Å². The first-order chi connectivity index (χ1) is 7.58. The Morgan fingerprint density at radius 3 is 2.44 bits per heavy atom. The topological polar surface area (TPSA) is 41.1 Å². The number of nitrogens with one attached hydrogen (secondary N) is 2. The zero-order valence-corrected chi connectivity index (χ0v) is 9.69. The molecule has 0 aromatic rings. The molecular weight excluding hydrogens is 214 g/mol. The average molecular weight is 234 g/mol. The number of rotatable bonds is 5. The molecule has 0 aromatic carbocycles. The molecule has 0 aliphatic heterocycles. The number of halogens is 2. The molecule has 2 N–H and O–H groups in total. The largest absolute Gasteiger partial charge is 0.350 e. The van der Waals surface area contributed by atoms with E-state index in [1.54, 1.807) is 0 Å². The molecule has 1 fully saturated rings. The van der Waals surface area contributed by atoms with E-state index < -0.39 is 13.0 Å². The highest BCUT2D eigenvalue weighted by atomic mass is 19.3. The van der Waals surface area contributed by atoms with Crippen molar-refractivity contribution in [1.29, 1.82) is 0 Å². The average Bonchev–Trinajstić information content (AvgIpc) is 2.28. The van der Waals surface area contributed by atoms with E-state index in [-0.39, 0.29) is 11.4 Å². The molecule has 1 amide bonds. The van der Waals surface area contributed by atoms with Gasteiger partial charge >= 0.3 is 0 Å². The number of hydrogen-bond acceptors (Lipinski definition) is 2. The Labute approximate surface area is 95.0 Å². The van der Waals surface area contributed by atoms with Crippen molar-refractivity contribution in [3.8, 4) is 0 Å². The lowest BCUT2D eigenvalue weighted by molar-refractivity contribution is -0.123. The number of amides is 1. The van der Waals surface area contributed by atoms with Crippen molar-refractivity contribution < 1.29 is 13.6 Å². The third kappa shape index (κ3) is 4.04. The predicted octanol–water partition coefficient (Wildman–Crippen LogP) is 1.68. The molecular formula is C11H20F2N2O. The van der Waals surface area contributed by atoms with Crippen LogP contribution in [0.2, 0.25) is 0 Å². The first kappa shape index (κ1) is 13.4. The lowest BCUT2D eigenvalue weighted by atomic mass is 9.79. The molecule has 5 heteroatoms. The van der Waals surface area contributed by atoms with Gasteiger partial charge in [0.2, 0.25) is 5.91 Å². The molecule has 0 heterocycles. The van der Waals surface area contributed by atoms with Crippen LogP contribution in [-0.2, 0) is 4.79 Å². The van der Waals surface area contributed by atoms with E-state index in [0.29, 0.717) is 6.42 Å². The number of carbonyl (C=O) groups excluding carboxylic acids is 1. The molecule has 0 radical (unpaired) electrons. The molecule has 0 bridgehead atoms. The Balaban J connectivity index is 2.39. The summed E-state index contributed by atoms with van der Waals surface area (Å²) in [5, 5.41) is 5.45. The fraction of sp³-hybridized carbons (Fsp3) is 0.909. The first-order valence-electron chi connectivity index (χ1n) is 5.82. The highest BCUT2D eigenvalue weighted by Gasteiger charge is 2.32. The number of hydrogen-bond donors (Lipinski definition) is 2. The highest BCUT2D eigenvalue weighted by molar-refractivity contribution is 5.77. The van der Waals surface area contributed by atoms with Gasteiger partial charge in [0.25, 0.3) is 6.43 Å². The van der Waals surface area contributed by atoms with Gasteiger partial charge in [-0.1, -0.05) is 19.3 Å². The molecule has 0 unspecified atom stereocenters. The van der Waals surface area contributed by atoms with Gasteiger partial charge in [-0.2, -0.15) is 0 Å². The van der Waals surface area contributed by atoms with Crippen molar-refractivity contribution in [2.45, 2.75) is 50.5 Å². The summed E-state index contributed by atoms with van der Waals surface area (Å²) in [6, 6.07) is 0. The van der Waals surface area contributed by atoms with Crippen molar-refractivity contribution in [1.82, 2.24) is 10.6 Å². The van der Waals surface area contributed by atoms with Crippen molar-refractivity contribution in [3.63, 3.8) is 0 Å². The van der Waals surface area contributed by atoms with Crippen LogP contribution in [-0.4, -0.2) is 31.5 Å². The second-order valence-electron chi connectivity index (χ2n) is 4.46. The zero-order chi connectivity index (χ0) is 12.0. The van der Waals surface area contributed by atoms with Gasteiger partial charge in [-0.3, -0.25) is 4.79 Å². The Bertz CT molecular complexity index is 228. The predicted molar refractivity (Wildman–Crippen MR) is 58.5 cm³/mol. The quantitative estimate of drug-likeness (QED) is 0.760. The van der Waals surface area contributed by atoms with Crippen LogP contribution < -0.4 is 10.6 Å². The van der Waals surface area contributed by atoms with Crippen LogP contribution >= 0.6 is 0 Å². The fourth-order valence-electron chi connectivity index (χ4n) is 2.30. The van der Waals surface area contributed by atoms with Crippen molar-refractivity contribution in [3.05, 3.63) is 0 Å². The van der Waals surface area contributed by atoms with Gasteiger partial charge in [0, 0.05) is 12.0 Å². The van der Waals surface area contributed by atoms with E-state index in [9.17, 15) is 13.6 Å². The Hall–Kier alpha value is -0.710. The van der Waals surface area contributed by atoms with E-state index in [0.717, 1.165) is 25.7 Å². The van der Waals surface area contributed by atoms with E-state index in [4.69, 9.17) is 0 Å². The van der Waals surface area contributed by atoms with Crippen LogP contribution in [0.1, 0.15) is 38.5 Å². The summed E-state index contributed by atoms with van der Waals surface area (Å²) < 4.78 is 23.8. The van der Waals surface area contributed by atoms with Crippen LogP contribution in [0.15, 0.2) is 0 Å². The number of carbonyl (C=O) groups is 1. The standard InChI is InChI=1S/C11H20F2N2O/c1-14-11(5-3-2-4-6-11)7-10(16)15-8-9(12)13/h9,14H,2-8H2,1H3,(H,15,16). The zero-order valence-electron chi connectivity index (χ0n) is 9.69. The van der Waals surface area contributed by atoms with Gasteiger partial charge in [0.05, 0.1) is 6.54 Å². The molecule has 0 aromatic heterocycles. The summed E-state index contributed by atoms with van der Waals surface area (Å²) >= 11 is 0. The van der Waals surface area contributed by atoms with Gasteiger partial charge in [-0.05, 0) is 19.9 Å². The molecule has 1 aliphatic rings. The van der Waals surface area contributed by atoms with Crippen LogP contribution in [0, 0.1) is 0 Å². The minimum atomic E-state index is -2.47. The molecule has 0 atom stereocenters. The maximum Gasteiger partial charge on any atom is 0.255 e. The summed E-state index contributed by atoms with van der Waals surface area (Å²) in [6.45, 7) is -0.543. The molecule has 94 valence electrons. The molecule has 16 heavy (non-hydrogen) atoms. The third-order valence-electron chi connectivity index (χ3n) is 3.29. The van der Waals surface area contributed by atoms with Gasteiger partial charge in [0.1, 0.15) is 0 Å². The fourth-order valence-corrected chi connectivity index (χ4v) is 2.30. The van der Waals surface area contributed by atoms with Crippen LogP contribution in [0.5, 0.6) is 0 Å². The summed E-state index contributed by atoms with van der Waals surface area (Å²) in [5.74, 6) is -0.281. The van der Waals surface area contributed by atoms with Crippen molar-refractivity contribution in [2.24, 2.45) is 0 Å². The summed E-state index contributed by atoms with van der Waals surface area (Å²) in [7, 11) is 1.84. The highest BCUT2D eigenvalue weighted by Crippen LogP contribution is 2.30. The molecule has 3 nitrogen and oxygen atoms in total. The van der Waals surface area contributed by atoms with Gasteiger partial charge < -0.3 is 10.6 Å². The molecule has 0 spiro atoms. The van der Waals surface area contributed by atoms with E-state index in [1.165, 1.54) is 6.42 Å².